The van der Waals surface area contributed by atoms with Gasteiger partial charge in [0.2, 0.25) is 0 Å². The zero-order chi connectivity index (χ0) is 12.9. The molecular weight excluding hydrogens is 242 g/mol. The standard InChI is InChI=1S/C12H26ClNO3/c1-11(10-13)12(2)14-4-5-16-8-9-17-7-6-15-3/h11-12,14H,4-10H2,1-3H3. The Kier molecular flexibility index (Phi) is 12.7. The van der Waals surface area contributed by atoms with Crippen molar-refractivity contribution >= 4 is 11.6 Å². The van der Waals surface area contributed by atoms with Crippen LogP contribution in [0.2, 0.25) is 0 Å². The van der Waals surface area contributed by atoms with Gasteiger partial charge in [-0.3, -0.25) is 0 Å². The van der Waals surface area contributed by atoms with Gasteiger partial charge in [0.1, 0.15) is 0 Å². The van der Waals surface area contributed by atoms with Crippen molar-refractivity contribution in [3.63, 3.8) is 0 Å². The van der Waals surface area contributed by atoms with Crippen LogP contribution in [0.1, 0.15) is 13.8 Å². The predicted molar refractivity (Wildman–Crippen MR) is 70.9 cm³/mol. The topological polar surface area (TPSA) is 39.7 Å². The molecule has 0 aliphatic rings. The molecule has 5 heteroatoms. The lowest BCUT2D eigenvalue weighted by Gasteiger charge is -2.18. The zero-order valence-electron chi connectivity index (χ0n) is 11.2. The summed E-state index contributed by atoms with van der Waals surface area (Å²) in [5.41, 5.74) is 0. The fraction of sp³-hybridized carbons (Fsp3) is 1.00. The molecule has 1 N–H and O–H groups in total. The van der Waals surface area contributed by atoms with E-state index < -0.39 is 0 Å². The third-order valence-corrected chi connectivity index (χ3v) is 3.10. The average molecular weight is 268 g/mol. The molecule has 104 valence electrons. The minimum atomic E-state index is 0.425. The van der Waals surface area contributed by atoms with Crippen LogP contribution < -0.4 is 5.32 Å². The molecule has 0 aromatic heterocycles. The van der Waals surface area contributed by atoms with E-state index in [2.05, 4.69) is 19.2 Å². The molecule has 0 aromatic rings. The molecule has 0 bridgehead atoms. The first kappa shape index (κ1) is 17.1. The van der Waals surface area contributed by atoms with E-state index in [0.717, 1.165) is 6.54 Å². The summed E-state index contributed by atoms with van der Waals surface area (Å²) >= 11 is 5.77. The summed E-state index contributed by atoms with van der Waals surface area (Å²) in [7, 11) is 1.66. The van der Waals surface area contributed by atoms with E-state index in [0.29, 0.717) is 50.9 Å². The maximum atomic E-state index is 5.77. The van der Waals surface area contributed by atoms with Gasteiger partial charge in [0, 0.05) is 25.6 Å². The first-order chi connectivity index (χ1) is 8.22. The zero-order valence-corrected chi connectivity index (χ0v) is 12.0. The van der Waals surface area contributed by atoms with Gasteiger partial charge in [-0.2, -0.15) is 0 Å². The van der Waals surface area contributed by atoms with Crippen LogP contribution in [0, 0.1) is 5.92 Å². The van der Waals surface area contributed by atoms with Crippen molar-refractivity contribution in [1.82, 2.24) is 5.32 Å². The van der Waals surface area contributed by atoms with Gasteiger partial charge < -0.3 is 19.5 Å². The molecular formula is C12H26ClNO3. The van der Waals surface area contributed by atoms with E-state index in [1.165, 1.54) is 0 Å². The predicted octanol–water partition coefficient (Wildman–Crippen LogP) is 1.52. The van der Waals surface area contributed by atoms with Gasteiger partial charge in [-0.15, -0.1) is 11.6 Å². The second-order valence-electron chi connectivity index (χ2n) is 4.09. The molecule has 0 fully saturated rings. The van der Waals surface area contributed by atoms with Gasteiger partial charge in [-0.1, -0.05) is 6.92 Å². The van der Waals surface area contributed by atoms with Crippen molar-refractivity contribution in [1.29, 1.82) is 0 Å². The molecule has 0 saturated heterocycles. The van der Waals surface area contributed by atoms with Crippen molar-refractivity contribution in [3.05, 3.63) is 0 Å². The highest BCUT2D eigenvalue weighted by molar-refractivity contribution is 6.18. The van der Waals surface area contributed by atoms with Crippen LogP contribution >= 0.6 is 11.6 Å². The van der Waals surface area contributed by atoms with Crippen molar-refractivity contribution in [2.75, 3.05) is 52.6 Å². The maximum absolute atomic E-state index is 5.77. The lowest BCUT2D eigenvalue weighted by Crippen LogP contribution is -2.35. The van der Waals surface area contributed by atoms with Crippen LogP contribution in [0.25, 0.3) is 0 Å². The van der Waals surface area contributed by atoms with E-state index >= 15 is 0 Å². The molecule has 0 spiro atoms. The van der Waals surface area contributed by atoms with Gasteiger partial charge in [0.25, 0.3) is 0 Å². The van der Waals surface area contributed by atoms with Gasteiger partial charge in [-0.05, 0) is 12.8 Å². The van der Waals surface area contributed by atoms with Crippen molar-refractivity contribution in [2.45, 2.75) is 19.9 Å². The Balaban J connectivity index is 3.13. The van der Waals surface area contributed by atoms with Crippen molar-refractivity contribution in [2.24, 2.45) is 5.92 Å². The number of nitrogens with one attached hydrogen (secondary N) is 1. The quantitative estimate of drug-likeness (QED) is 0.430. The molecule has 4 nitrogen and oxygen atoms in total. The van der Waals surface area contributed by atoms with Crippen LogP contribution in [0.4, 0.5) is 0 Å². The summed E-state index contributed by atoms with van der Waals surface area (Å²) in [5.74, 6) is 1.16. The molecule has 0 aliphatic heterocycles. The summed E-state index contributed by atoms with van der Waals surface area (Å²) in [6.45, 7) is 8.34. The molecule has 0 rings (SSSR count). The lowest BCUT2D eigenvalue weighted by atomic mass is 10.1. The summed E-state index contributed by atoms with van der Waals surface area (Å²) < 4.78 is 15.5. The number of hydrogen-bond acceptors (Lipinski definition) is 4. The van der Waals surface area contributed by atoms with E-state index in [9.17, 15) is 0 Å². The number of halogens is 1. The Labute approximate surface area is 110 Å². The monoisotopic (exact) mass is 267 g/mol. The Morgan fingerprint density at radius 1 is 1.00 bits per heavy atom. The third kappa shape index (κ3) is 11.0. The molecule has 0 amide bonds. The van der Waals surface area contributed by atoms with Gasteiger partial charge in [-0.25, -0.2) is 0 Å². The fourth-order valence-corrected chi connectivity index (χ4v) is 1.43. The van der Waals surface area contributed by atoms with Crippen LogP contribution in [0.15, 0.2) is 0 Å². The third-order valence-electron chi connectivity index (χ3n) is 2.61. The van der Waals surface area contributed by atoms with Gasteiger partial charge in [0.05, 0.1) is 33.0 Å². The largest absolute Gasteiger partial charge is 0.382 e. The molecule has 0 aromatic carbocycles. The summed E-state index contributed by atoms with van der Waals surface area (Å²) in [6, 6.07) is 0.425. The number of rotatable bonds is 12. The van der Waals surface area contributed by atoms with Crippen LogP contribution in [0.3, 0.4) is 0 Å². The Hall–Kier alpha value is 0.130. The highest BCUT2D eigenvalue weighted by atomic mass is 35.5. The Morgan fingerprint density at radius 3 is 2.18 bits per heavy atom. The number of alkyl halides is 1. The second-order valence-corrected chi connectivity index (χ2v) is 4.40. The van der Waals surface area contributed by atoms with E-state index in [4.69, 9.17) is 25.8 Å². The molecule has 2 atom stereocenters. The minimum absolute atomic E-state index is 0.425. The first-order valence-electron chi connectivity index (χ1n) is 6.16. The Bertz CT molecular complexity index is 161. The molecule has 2 unspecified atom stereocenters. The molecule has 0 saturated carbocycles. The van der Waals surface area contributed by atoms with Gasteiger partial charge in [0.15, 0.2) is 0 Å². The normalized spacial score (nSPS) is 14.8. The van der Waals surface area contributed by atoms with Gasteiger partial charge >= 0.3 is 0 Å². The molecule has 0 heterocycles. The Morgan fingerprint density at radius 2 is 1.59 bits per heavy atom. The lowest BCUT2D eigenvalue weighted by molar-refractivity contribution is 0.0251. The summed E-state index contributed by atoms with van der Waals surface area (Å²) in [6.07, 6.45) is 0. The van der Waals surface area contributed by atoms with Crippen molar-refractivity contribution < 1.29 is 14.2 Å². The molecule has 0 radical (unpaired) electrons. The first-order valence-corrected chi connectivity index (χ1v) is 6.69. The van der Waals surface area contributed by atoms with E-state index in [-0.39, 0.29) is 0 Å². The molecule has 0 aliphatic carbocycles. The average Bonchev–Trinajstić information content (AvgIpc) is 2.35. The highest BCUT2D eigenvalue weighted by Gasteiger charge is 2.09. The smallest absolute Gasteiger partial charge is 0.0701 e. The summed E-state index contributed by atoms with van der Waals surface area (Å²) in [4.78, 5) is 0. The summed E-state index contributed by atoms with van der Waals surface area (Å²) in [5, 5.41) is 3.37. The van der Waals surface area contributed by atoms with E-state index in [1.807, 2.05) is 0 Å². The minimum Gasteiger partial charge on any atom is -0.382 e. The SMILES string of the molecule is COCCOCCOCCNC(C)C(C)CCl. The molecule has 17 heavy (non-hydrogen) atoms. The maximum Gasteiger partial charge on any atom is 0.0701 e. The number of hydrogen-bond donors (Lipinski definition) is 1. The van der Waals surface area contributed by atoms with E-state index in [1.54, 1.807) is 7.11 Å². The number of ether oxygens (including phenoxy) is 3. The van der Waals surface area contributed by atoms with Crippen LogP contribution in [0.5, 0.6) is 0 Å². The van der Waals surface area contributed by atoms with Crippen molar-refractivity contribution in [3.8, 4) is 0 Å². The van der Waals surface area contributed by atoms with Crippen LogP contribution in [-0.2, 0) is 14.2 Å². The number of methoxy groups -OCH3 is 1. The second kappa shape index (κ2) is 12.6. The van der Waals surface area contributed by atoms with Crippen LogP contribution in [-0.4, -0.2) is 58.6 Å². The fourth-order valence-electron chi connectivity index (χ4n) is 1.16. The highest BCUT2D eigenvalue weighted by Crippen LogP contribution is 2.03.